The number of fused-ring (bicyclic) bond motifs is 1. The van der Waals surface area contributed by atoms with E-state index in [-0.39, 0.29) is 4.90 Å². The van der Waals surface area contributed by atoms with Crippen LogP contribution in [0.15, 0.2) is 41.7 Å². The highest BCUT2D eigenvalue weighted by Crippen LogP contribution is 2.37. The van der Waals surface area contributed by atoms with Crippen molar-refractivity contribution in [2.24, 2.45) is 0 Å². The SMILES string of the molecule is O=S(=O)(c1ccc2c(c1)OCCCO2)N1CCC(N(c2ccncn2)C2CC2)CC1. The van der Waals surface area contributed by atoms with Crippen molar-refractivity contribution >= 4 is 15.8 Å². The highest BCUT2D eigenvalue weighted by atomic mass is 32.2. The van der Waals surface area contributed by atoms with Gasteiger partial charge >= 0.3 is 0 Å². The summed E-state index contributed by atoms with van der Waals surface area (Å²) in [7, 11) is -3.57. The van der Waals surface area contributed by atoms with E-state index in [1.165, 1.54) is 12.8 Å². The minimum Gasteiger partial charge on any atom is -0.490 e. The summed E-state index contributed by atoms with van der Waals surface area (Å²) in [6, 6.07) is 7.66. The van der Waals surface area contributed by atoms with Crippen LogP contribution in [0.2, 0.25) is 0 Å². The molecule has 0 bridgehead atoms. The summed E-state index contributed by atoms with van der Waals surface area (Å²) in [5, 5.41) is 0. The Morgan fingerprint density at radius 3 is 2.40 bits per heavy atom. The first-order valence-electron chi connectivity index (χ1n) is 10.6. The van der Waals surface area contributed by atoms with Crippen LogP contribution in [0.1, 0.15) is 32.1 Å². The summed E-state index contributed by atoms with van der Waals surface area (Å²) in [6.45, 7) is 2.10. The molecule has 0 radical (unpaired) electrons. The lowest BCUT2D eigenvalue weighted by Crippen LogP contribution is -2.48. The third-order valence-corrected chi connectivity index (χ3v) is 7.84. The molecule has 3 heterocycles. The average Bonchev–Trinajstić information content (AvgIpc) is 3.62. The van der Waals surface area contributed by atoms with E-state index in [0.29, 0.717) is 49.9 Å². The van der Waals surface area contributed by atoms with Gasteiger partial charge in [-0.05, 0) is 43.9 Å². The fraction of sp³-hybridized carbons (Fsp3) is 0.524. The van der Waals surface area contributed by atoms with Gasteiger partial charge in [0.25, 0.3) is 0 Å². The van der Waals surface area contributed by atoms with Crippen molar-refractivity contribution in [3.05, 3.63) is 36.8 Å². The Morgan fingerprint density at radius 1 is 0.967 bits per heavy atom. The first-order chi connectivity index (χ1) is 14.6. The second kappa shape index (κ2) is 8.03. The molecule has 0 amide bonds. The number of hydrogen-bond acceptors (Lipinski definition) is 7. The van der Waals surface area contributed by atoms with E-state index >= 15 is 0 Å². The second-order valence-corrected chi connectivity index (χ2v) is 9.94. The van der Waals surface area contributed by atoms with Crippen LogP contribution in [0.4, 0.5) is 5.82 Å². The molecule has 0 unspecified atom stereocenters. The number of benzene rings is 1. The van der Waals surface area contributed by atoms with Crippen LogP contribution in [0.5, 0.6) is 11.5 Å². The van der Waals surface area contributed by atoms with E-state index in [2.05, 4.69) is 14.9 Å². The lowest BCUT2D eigenvalue weighted by atomic mass is 10.0. The highest BCUT2D eigenvalue weighted by Gasteiger charge is 2.38. The molecule has 0 N–H and O–H groups in total. The molecule has 1 aromatic heterocycles. The summed E-state index contributed by atoms with van der Waals surface area (Å²) in [5.41, 5.74) is 0. The molecule has 2 fully saturated rings. The third kappa shape index (κ3) is 3.83. The first-order valence-corrected chi connectivity index (χ1v) is 12.0. The molecule has 3 aliphatic rings. The summed E-state index contributed by atoms with van der Waals surface area (Å²) in [5.74, 6) is 2.05. The quantitative estimate of drug-likeness (QED) is 0.720. The molecule has 1 saturated carbocycles. The fourth-order valence-corrected chi connectivity index (χ4v) is 5.76. The molecule has 8 nitrogen and oxygen atoms in total. The maximum absolute atomic E-state index is 13.2. The van der Waals surface area contributed by atoms with E-state index < -0.39 is 10.0 Å². The van der Waals surface area contributed by atoms with Crippen LogP contribution in [-0.4, -0.2) is 61.1 Å². The maximum atomic E-state index is 13.2. The van der Waals surface area contributed by atoms with Gasteiger partial charge in [0.1, 0.15) is 12.1 Å². The molecule has 2 aromatic rings. The first kappa shape index (κ1) is 19.6. The Kier molecular flexibility index (Phi) is 5.24. The maximum Gasteiger partial charge on any atom is 0.243 e. The van der Waals surface area contributed by atoms with E-state index in [4.69, 9.17) is 9.47 Å². The van der Waals surface area contributed by atoms with Gasteiger partial charge in [-0.3, -0.25) is 0 Å². The van der Waals surface area contributed by atoms with Gasteiger partial charge in [-0.1, -0.05) is 0 Å². The molecule has 0 spiro atoms. The lowest BCUT2D eigenvalue weighted by molar-refractivity contribution is 0.296. The van der Waals surface area contributed by atoms with Gasteiger partial charge in [0.15, 0.2) is 11.5 Å². The summed E-state index contributed by atoms with van der Waals surface area (Å²) >= 11 is 0. The van der Waals surface area contributed by atoms with E-state index in [0.717, 1.165) is 25.1 Å². The smallest absolute Gasteiger partial charge is 0.243 e. The third-order valence-electron chi connectivity index (χ3n) is 5.94. The van der Waals surface area contributed by atoms with Crippen LogP contribution in [-0.2, 0) is 10.0 Å². The average molecular weight is 431 g/mol. The second-order valence-electron chi connectivity index (χ2n) is 8.00. The summed E-state index contributed by atoms with van der Waals surface area (Å²) in [6.07, 6.45) is 8.03. The van der Waals surface area contributed by atoms with Crippen molar-refractivity contribution in [2.45, 2.75) is 49.1 Å². The predicted molar refractivity (Wildman–Crippen MR) is 111 cm³/mol. The summed E-state index contributed by atoms with van der Waals surface area (Å²) in [4.78, 5) is 11.1. The molecule has 160 valence electrons. The van der Waals surface area contributed by atoms with Crippen molar-refractivity contribution in [3.8, 4) is 11.5 Å². The fourth-order valence-electron chi connectivity index (χ4n) is 4.28. The molecule has 5 rings (SSSR count). The molecule has 1 saturated heterocycles. The monoisotopic (exact) mass is 430 g/mol. The Balaban J connectivity index is 1.31. The highest BCUT2D eigenvalue weighted by molar-refractivity contribution is 7.89. The van der Waals surface area contributed by atoms with Crippen LogP contribution in [0, 0.1) is 0 Å². The molecule has 9 heteroatoms. The van der Waals surface area contributed by atoms with E-state index in [9.17, 15) is 8.42 Å². The molecular weight excluding hydrogens is 404 g/mol. The number of rotatable bonds is 5. The van der Waals surface area contributed by atoms with Gasteiger partial charge in [0, 0.05) is 43.9 Å². The number of sulfonamides is 1. The number of anilines is 1. The number of piperidine rings is 1. The van der Waals surface area contributed by atoms with Gasteiger partial charge in [-0.2, -0.15) is 4.31 Å². The Bertz CT molecular complexity index is 989. The molecule has 1 aromatic carbocycles. The molecule has 2 aliphatic heterocycles. The van der Waals surface area contributed by atoms with Crippen molar-refractivity contribution in [1.29, 1.82) is 0 Å². The number of ether oxygens (including phenoxy) is 2. The van der Waals surface area contributed by atoms with Gasteiger partial charge in [-0.25, -0.2) is 18.4 Å². The van der Waals surface area contributed by atoms with E-state index in [1.54, 1.807) is 35.0 Å². The number of hydrogen-bond donors (Lipinski definition) is 0. The van der Waals surface area contributed by atoms with Crippen LogP contribution in [0.25, 0.3) is 0 Å². The predicted octanol–water partition coefficient (Wildman–Crippen LogP) is 2.46. The zero-order valence-electron chi connectivity index (χ0n) is 16.8. The standard InChI is InChI=1S/C21H26N4O4S/c26-30(27,18-4-5-19-20(14-18)29-13-1-12-28-19)24-10-7-17(8-11-24)25(16-2-3-16)21-6-9-22-15-23-21/h4-6,9,14-17H,1-3,7-8,10-13H2. The van der Waals surface area contributed by atoms with Crippen LogP contribution >= 0.6 is 0 Å². The van der Waals surface area contributed by atoms with Crippen molar-refractivity contribution in [1.82, 2.24) is 14.3 Å². The number of nitrogens with zero attached hydrogens (tertiary/aromatic N) is 4. The van der Waals surface area contributed by atoms with Gasteiger partial charge < -0.3 is 14.4 Å². The minimum atomic E-state index is -3.57. The molecular formula is C21H26N4O4S. The molecule has 1 aliphatic carbocycles. The van der Waals surface area contributed by atoms with Gasteiger partial charge in [0.2, 0.25) is 10.0 Å². The van der Waals surface area contributed by atoms with Crippen molar-refractivity contribution in [3.63, 3.8) is 0 Å². The molecule has 30 heavy (non-hydrogen) atoms. The van der Waals surface area contributed by atoms with Crippen LogP contribution in [0.3, 0.4) is 0 Å². The number of aromatic nitrogens is 2. The van der Waals surface area contributed by atoms with Gasteiger partial charge in [0.05, 0.1) is 18.1 Å². The largest absolute Gasteiger partial charge is 0.490 e. The molecule has 0 atom stereocenters. The van der Waals surface area contributed by atoms with Crippen molar-refractivity contribution in [2.75, 3.05) is 31.2 Å². The van der Waals surface area contributed by atoms with Gasteiger partial charge in [-0.15, -0.1) is 0 Å². The topological polar surface area (TPSA) is 84.9 Å². The Labute approximate surface area is 176 Å². The van der Waals surface area contributed by atoms with Crippen molar-refractivity contribution < 1.29 is 17.9 Å². The normalized spacial score (nSPS) is 20.5. The zero-order valence-corrected chi connectivity index (χ0v) is 17.6. The zero-order chi connectivity index (χ0) is 20.6. The summed E-state index contributed by atoms with van der Waals surface area (Å²) < 4.78 is 39.4. The lowest BCUT2D eigenvalue weighted by Gasteiger charge is -2.39. The van der Waals surface area contributed by atoms with E-state index in [1.807, 2.05) is 6.07 Å². The minimum absolute atomic E-state index is 0.264. The van der Waals surface area contributed by atoms with Crippen LogP contribution < -0.4 is 14.4 Å². The Morgan fingerprint density at radius 2 is 1.70 bits per heavy atom. The Hall–Kier alpha value is -2.39.